The SMILES string of the molecule is COc1ccc(OC)c(/C=N\N2C(=N)S[C@H]3CS(=O)(=O)C[C@@H]32)c1. The highest BCUT2D eigenvalue weighted by Gasteiger charge is 2.48. The molecule has 2 fully saturated rings. The van der Waals surface area contributed by atoms with Gasteiger partial charge in [-0.15, -0.1) is 0 Å². The molecule has 3 rings (SSSR count). The predicted octanol–water partition coefficient (Wildman–Crippen LogP) is 1.19. The number of rotatable bonds is 4. The second-order valence-corrected chi connectivity index (χ2v) is 8.68. The molecule has 0 bridgehead atoms. The van der Waals surface area contributed by atoms with E-state index in [4.69, 9.17) is 14.9 Å². The fourth-order valence-electron chi connectivity index (χ4n) is 2.69. The van der Waals surface area contributed by atoms with Crippen molar-refractivity contribution in [2.45, 2.75) is 11.3 Å². The summed E-state index contributed by atoms with van der Waals surface area (Å²) < 4.78 is 34.0. The Morgan fingerprint density at radius 1 is 1.35 bits per heavy atom. The van der Waals surface area contributed by atoms with Crippen molar-refractivity contribution >= 4 is 33.0 Å². The van der Waals surface area contributed by atoms with Crippen molar-refractivity contribution in [1.82, 2.24) is 5.01 Å². The predicted molar refractivity (Wildman–Crippen MR) is 90.5 cm³/mol. The molecule has 2 aliphatic rings. The number of thioether (sulfide) groups is 1. The fraction of sp³-hybridized carbons (Fsp3) is 0.429. The molecule has 23 heavy (non-hydrogen) atoms. The minimum Gasteiger partial charge on any atom is -0.497 e. The van der Waals surface area contributed by atoms with Crippen LogP contribution in [0.15, 0.2) is 23.3 Å². The third-order valence-electron chi connectivity index (χ3n) is 3.82. The van der Waals surface area contributed by atoms with Gasteiger partial charge in [0, 0.05) is 10.8 Å². The van der Waals surface area contributed by atoms with E-state index < -0.39 is 9.84 Å². The van der Waals surface area contributed by atoms with E-state index in [9.17, 15) is 8.42 Å². The lowest BCUT2D eigenvalue weighted by molar-refractivity contribution is 0.375. The molecule has 0 radical (unpaired) electrons. The third-order valence-corrected chi connectivity index (χ3v) is 6.94. The molecule has 9 heteroatoms. The smallest absolute Gasteiger partial charge is 0.177 e. The molecule has 0 amide bonds. The lowest BCUT2D eigenvalue weighted by atomic mass is 10.2. The summed E-state index contributed by atoms with van der Waals surface area (Å²) in [5, 5.41) is 14.0. The Morgan fingerprint density at radius 3 is 2.83 bits per heavy atom. The Bertz CT molecular complexity index is 763. The van der Waals surface area contributed by atoms with Gasteiger partial charge >= 0.3 is 0 Å². The van der Waals surface area contributed by atoms with E-state index in [1.165, 1.54) is 16.8 Å². The molecule has 0 aliphatic carbocycles. The molecule has 7 nitrogen and oxygen atoms in total. The van der Waals surface area contributed by atoms with E-state index in [0.29, 0.717) is 17.1 Å². The van der Waals surface area contributed by atoms with E-state index in [1.54, 1.807) is 38.6 Å². The van der Waals surface area contributed by atoms with Crippen molar-refractivity contribution in [2.24, 2.45) is 5.10 Å². The van der Waals surface area contributed by atoms with Crippen molar-refractivity contribution in [2.75, 3.05) is 25.7 Å². The Balaban J connectivity index is 1.86. The first-order valence-corrected chi connectivity index (χ1v) is 9.64. The van der Waals surface area contributed by atoms with Crippen LogP contribution >= 0.6 is 11.8 Å². The average molecular weight is 355 g/mol. The van der Waals surface area contributed by atoms with Gasteiger partial charge in [-0.05, 0) is 18.2 Å². The molecule has 0 spiro atoms. The second-order valence-electron chi connectivity index (χ2n) is 5.30. The van der Waals surface area contributed by atoms with Crippen molar-refractivity contribution in [3.8, 4) is 11.5 Å². The molecule has 2 atom stereocenters. The number of hydrogen-bond donors (Lipinski definition) is 1. The van der Waals surface area contributed by atoms with E-state index >= 15 is 0 Å². The summed E-state index contributed by atoms with van der Waals surface area (Å²) in [5.41, 5.74) is 0.703. The van der Waals surface area contributed by atoms with Gasteiger partial charge in [0.15, 0.2) is 15.0 Å². The van der Waals surface area contributed by atoms with E-state index in [1.807, 2.05) is 0 Å². The quantitative estimate of drug-likeness (QED) is 0.816. The number of benzene rings is 1. The van der Waals surface area contributed by atoms with E-state index in [0.717, 1.165) is 0 Å². The molecule has 0 saturated carbocycles. The van der Waals surface area contributed by atoms with Crippen LogP contribution in [0.4, 0.5) is 0 Å². The maximum absolute atomic E-state index is 11.8. The second kappa shape index (κ2) is 6.04. The van der Waals surface area contributed by atoms with Crippen LogP contribution in [0, 0.1) is 5.41 Å². The van der Waals surface area contributed by atoms with Crippen LogP contribution < -0.4 is 9.47 Å². The van der Waals surface area contributed by atoms with Gasteiger partial charge in [-0.3, -0.25) is 5.41 Å². The molecule has 0 unspecified atom stereocenters. The van der Waals surface area contributed by atoms with Crippen LogP contribution in [0.25, 0.3) is 0 Å². The van der Waals surface area contributed by atoms with Crippen molar-refractivity contribution in [3.05, 3.63) is 23.8 Å². The highest BCUT2D eigenvalue weighted by molar-refractivity contribution is 8.15. The summed E-state index contributed by atoms with van der Waals surface area (Å²) in [6, 6.07) is 5.06. The summed E-state index contributed by atoms with van der Waals surface area (Å²) in [7, 11) is 0.0889. The number of nitrogens with zero attached hydrogens (tertiary/aromatic N) is 2. The van der Waals surface area contributed by atoms with Gasteiger partial charge < -0.3 is 9.47 Å². The van der Waals surface area contributed by atoms with Gasteiger partial charge in [0.25, 0.3) is 0 Å². The highest BCUT2D eigenvalue weighted by atomic mass is 32.2. The highest BCUT2D eigenvalue weighted by Crippen LogP contribution is 2.37. The minimum absolute atomic E-state index is 0.0413. The molecular formula is C14H17N3O4S2. The van der Waals surface area contributed by atoms with Crippen molar-refractivity contribution in [3.63, 3.8) is 0 Å². The number of hydrazone groups is 1. The molecule has 0 aromatic heterocycles. The van der Waals surface area contributed by atoms with E-state index in [-0.39, 0.29) is 28.0 Å². The molecule has 2 saturated heterocycles. The van der Waals surface area contributed by atoms with Crippen LogP contribution in [0.5, 0.6) is 11.5 Å². The Morgan fingerprint density at radius 2 is 2.13 bits per heavy atom. The number of ether oxygens (including phenoxy) is 2. The maximum Gasteiger partial charge on any atom is 0.177 e. The van der Waals surface area contributed by atoms with Crippen LogP contribution in [0.2, 0.25) is 0 Å². The molecule has 1 aromatic rings. The van der Waals surface area contributed by atoms with Crippen LogP contribution in [-0.4, -0.2) is 61.8 Å². The van der Waals surface area contributed by atoms with Gasteiger partial charge in [-0.2, -0.15) is 5.10 Å². The lowest BCUT2D eigenvalue weighted by Crippen LogP contribution is -2.32. The number of fused-ring (bicyclic) bond motifs is 1. The van der Waals surface area contributed by atoms with Gasteiger partial charge in [0.2, 0.25) is 0 Å². The lowest BCUT2D eigenvalue weighted by Gasteiger charge is -2.17. The molecule has 1 aromatic carbocycles. The van der Waals surface area contributed by atoms with Crippen molar-refractivity contribution < 1.29 is 17.9 Å². The number of sulfone groups is 1. The number of amidine groups is 1. The zero-order valence-electron chi connectivity index (χ0n) is 12.7. The number of hydrogen-bond acceptors (Lipinski definition) is 7. The normalized spacial score (nSPS) is 25.8. The first kappa shape index (κ1) is 16.1. The first-order chi connectivity index (χ1) is 10.9. The van der Waals surface area contributed by atoms with Gasteiger partial charge in [0.1, 0.15) is 11.5 Å². The molecule has 124 valence electrons. The Kier molecular flexibility index (Phi) is 4.24. The maximum atomic E-state index is 11.8. The van der Waals surface area contributed by atoms with Crippen molar-refractivity contribution in [1.29, 1.82) is 5.41 Å². The zero-order chi connectivity index (χ0) is 16.6. The van der Waals surface area contributed by atoms with Gasteiger partial charge in [0.05, 0.1) is 38.0 Å². The largest absolute Gasteiger partial charge is 0.497 e. The monoisotopic (exact) mass is 355 g/mol. The standard InChI is InChI=1S/C14H17N3O4S2/c1-20-10-3-4-12(21-2)9(5-10)6-16-17-11-7-23(18,19)8-13(11)22-14(17)15/h3-6,11,13,15H,7-8H2,1-2H3/b15-14?,16-6-/t11-,13-/m0/s1. The topological polar surface area (TPSA) is 92.1 Å². The summed E-state index contributed by atoms with van der Waals surface area (Å²) in [6.07, 6.45) is 1.57. The number of methoxy groups -OCH3 is 2. The first-order valence-electron chi connectivity index (χ1n) is 6.94. The van der Waals surface area contributed by atoms with Gasteiger partial charge in [-0.1, -0.05) is 11.8 Å². The van der Waals surface area contributed by atoms with Crippen LogP contribution in [0.3, 0.4) is 0 Å². The Hall–Kier alpha value is -1.74. The van der Waals surface area contributed by atoms with Crippen LogP contribution in [-0.2, 0) is 9.84 Å². The molecule has 2 heterocycles. The number of nitrogens with one attached hydrogen (secondary N) is 1. The minimum atomic E-state index is -3.05. The van der Waals surface area contributed by atoms with Gasteiger partial charge in [-0.25, -0.2) is 13.4 Å². The molecule has 1 N–H and O–H groups in total. The molecular weight excluding hydrogens is 338 g/mol. The average Bonchev–Trinajstić information content (AvgIpc) is 2.95. The summed E-state index contributed by atoms with van der Waals surface area (Å²) >= 11 is 1.26. The fourth-order valence-corrected chi connectivity index (χ4v) is 6.40. The third kappa shape index (κ3) is 3.16. The zero-order valence-corrected chi connectivity index (χ0v) is 14.4. The Labute approximate surface area is 139 Å². The van der Waals surface area contributed by atoms with Crippen LogP contribution in [0.1, 0.15) is 5.56 Å². The summed E-state index contributed by atoms with van der Waals surface area (Å²) in [4.78, 5) is 0. The van der Waals surface area contributed by atoms with E-state index in [2.05, 4.69) is 5.10 Å². The summed E-state index contributed by atoms with van der Waals surface area (Å²) in [5.74, 6) is 1.45. The molecule has 2 aliphatic heterocycles. The summed E-state index contributed by atoms with van der Waals surface area (Å²) in [6.45, 7) is 0.